The number of piperidine rings is 1. The van der Waals surface area contributed by atoms with Crippen LogP contribution in [0, 0.1) is 0 Å². The summed E-state index contributed by atoms with van der Waals surface area (Å²) in [5.74, 6) is 0.124. The molecule has 1 N–H and O–H groups in total. The lowest BCUT2D eigenvalue weighted by Crippen LogP contribution is -2.72. The molecule has 2 fully saturated rings. The van der Waals surface area contributed by atoms with Gasteiger partial charge in [0.1, 0.15) is 0 Å². The van der Waals surface area contributed by atoms with Crippen LogP contribution in [0.4, 0.5) is 0 Å². The van der Waals surface area contributed by atoms with Crippen LogP contribution in [0.1, 0.15) is 29.6 Å². The maximum Gasteiger partial charge on any atom is 0.254 e. The van der Waals surface area contributed by atoms with Gasteiger partial charge in [-0.15, -0.1) is 0 Å². The molecule has 4 nitrogen and oxygen atoms in total. The van der Waals surface area contributed by atoms with Gasteiger partial charge in [-0.2, -0.15) is 0 Å². The summed E-state index contributed by atoms with van der Waals surface area (Å²) in [5.41, 5.74) is 2.60. The van der Waals surface area contributed by atoms with Gasteiger partial charge in [-0.05, 0) is 48.2 Å². The molecular weight excluding hydrogens is 336 g/mol. The third-order valence-corrected chi connectivity index (χ3v) is 5.30. The molecular formula is C20H19ClN2O2. The minimum absolute atomic E-state index is 0.0214. The molecule has 0 bridgehead atoms. The lowest BCUT2D eigenvalue weighted by molar-refractivity contribution is -0.128. The molecule has 2 amide bonds. The summed E-state index contributed by atoms with van der Waals surface area (Å²) in [6.07, 6.45) is 2.46. The quantitative estimate of drug-likeness (QED) is 0.897. The van der Waals surface area contributed by atoms with Crippen LogP contribution >= 0.6 is 11.6 Å². The van der Waals surface area contributed by atoms with E-state index in [9.17, 15) is 9.59 Å². The van der Waals surface area contributed by atoms with E-state index < -0.39 is 0 Å². The van der Waals surface area contributed by atoms with Crippen LogP contribution in [0.25, 0.3) is 11.1 Å². The van der Waals surface area contributed by atoms with E-state index in [1.165, 1.54) is 0 Å². The van der Waals surface area contributed by atoms with E-state index >= 15 is 0 Å². The third-order valence-electron chi connectivity index (χ3n) is 5.05. The van der Waals surface area contributed by atoms with Gasteiger partial charge >= 0.3 is 0 Å². The minimum Gasteiger partial charge on any atom is -0.347 e. The lowest BCUT2D eigenvalue weighted by atomic mass is 9.81. The molecule has 0 unspecified atom stereocenters. The molecule has 0 aromatic heterocycles. The Hall–Kier alpha value is -2.33. The summed E-state index contributed by atoms with van der Waals surface area (Å²) in [4.78, 5) is 26.0. The molecule has 0 atom stereocenters. The predicted octanol–water partition coefficient (Wildman–Crippen LogP) is 3.50. The second kappa shape index (κ2) is 6.19. The Balaban J connectivity index is 1.43. The van der Waals surface area contributed by atoms with Crippen molar-refractivity contribution in [1.82, 2.24) is 10.2 Å². The SMILES string of the molecule is O=C1CCCC2(CN(C(=O)c3ccc(-c4ccc(Cl)cc4)cc3)C2)N1. The highest BCUT2D eigenvalue weighted by Crippen LogP contribution is 2.31. The summed E-state index contributed by atoms with van der Waals surface area (Å²) in [6.45, 7) is 1.22. The number of nitrogens with one attached hydrogen (secondary N) is 1. The van der Waals surface area contributed by atoms with E-state index in [1.807, 2.05) is 53.4 Å². The first kappa shape index (κ1) is 16.2. The van der Waals surface area contributed by atoms with Gasteiger partial charge in [-0.25, -0.2) is 0 Å². The van der Waals surface area contributed by atoms with Crippen molar-refractivity contribution in [3.8, 4) is 11.1 Å². The lowest BCUT2D eigenvalue weighted by Gasteiger charge is -2.52. The van der Waals surface area contributed by atoms with Crippen molar-refractivity contribution in [3.05, 3.63) is 59.1 Å². The highest BCUT2D eigenvalue weighted by Gasteiger charge is 2.47. The Kier molecular flexibility index (Phi) is 4.00. The number of amides is 2. The van der Waals surface area contributed by atoms with Gasteiger partial charge in [0.15, 0.2) is 0 Å². The topological polar surface area (TPSA) is 49.4 Å². The van der Waals surface area contributed by atoms with Gasteiger partial charge in [0.05, 0.1) is 5.54 Å². The fourth-order valence-electron chi connectivity index (χ4n) is 3.70. The maximum absolute atomic E-state index is 12.6. The molecule has 0 radical (unpaired) electrons. The first-order chi connectivity index (χ1) is 12.0. The summed E-state index contributed by atoms with van der Waals surface area (Å²) in [6, 6.07) is 15.3. The summed E-state index contributed by atoms with van der Waals surface area (Å²) in [5, 5.41) is 3.76. The number of benzene rings is 2. The van der Waals surface area contributed by atoms with Gasteiger partial charge in [-0.3, -0.25) is 9.59 Å². The monoisotopic (exact) mass is 354 g/mol. The van der Waals surface area contributed by atoms with Crippen molar-refractivity contribution in [2.75, 3.05) is 13.1 Å². The predicted molar refractivity (Wildman–Crippen MR) is 97.5 cm³/mol. The molecule has 2 aliphatic rings. The Morgan fingerprint density at radius 1 is 1.00 bits per heavy atom. The van der Waals surface area contributed by atoms with Crippen molar-refractivity contribution in [2.45, 2.75) is 24.8 Å². The molecule has 2 aromatic carbocycles. The zero-order chi connectivity index (χ0) is 17.4. The number of likely N-dealkylation sites (tertiary alicyclic amines) is 1. The third kappa shape index (κ3) is 3.14. The second-order valence-electron chi connectivity index (χ2n) is 6.93. The number of halogens is 1. The Morgan fingerprint density at radius 3 is 2.20 bits per heavy atom. The first-order valence-electron chi connectivity index (χ1n) is 8.51. The fraction of sp³-hybridized carbons (Fsp3) is 0.300. The summed E-state index contributed by atoms with van der Waals surface area (Å²) < 4.78 is 0. The molecule has 0 aliphatic carbocycles. The molecule has 25 heavy (non-hydrogen) atoms. The summed E-state index contributed by atoms with van der Waals surface area (Å²) >= 11 is 5.92. The van der Waals surface area contributed by atoms with Gasteiger partial charge in [0.25, 0.3) is 5.91 Å². The van der Waals surface area contributed by atoms with E-state index in [2.05, 4.69) is 5.32 Å². The van der Waals surface area contributed by atoms with Crippen molar-refractivity contribution in [2.24, 2.45) is 0 Å². The molecule has 2 aromatic rings. The van der Waals surface area contributed by atoms with E-state index in [0.717, 1.165) is 24.0 Å². The van der Waals surface area contributed by atoms with Crippen LogP contribution in [0.2, 0.25) is 5.02 Å². The number of carbonyl (C=O) groups excluding carboxylic acids is 2. The standard InChI is InChI=1S/C20H19ClN2O2/c21-17-9-7-15(8-10-17)14-3-5-16(6-4-14)19(25)23-12-20(13-23)11-1-2-18(24)22-20/h3-10H,1-2,11-13H2,(H,22,24). The minimum atomic E-state index is -0.186. The van der Waals surface area contributed by atoms with E-state index in [4.69, 9.17) is 11.6 Å². The van der Waals surface area contributed by atoms with Crippen molar-refractivity contribution in [1.29, 1.82) is 0 Å². The first-order valence-corrected chi connectivity index (χ1v) is 8.89. The van der Waals surface area contributed by atoms with Crippen molar-refractivity contribution >= 4 is 23.4 Å². The highest BCUT2D eigenvalue weighted by atomic mass is 35.5. The molecule has 2 heterocycles. The average Bonchev–Trinajstić information content (AvgIpc) is 2.60. The van der Waals surface area contributed by atoms with E-state index in [0.29, 0.717) is 30.1 Å². The maximum atomic E-state index is 12.6. The van der Waals surface area contributed by atoms with E-state index in [1.54, 1.807) is 0 Å². The Labute approximate surface area is 151 Å². The Morgan fingerprint density at radius 2 is 1.60 bits per heavy atom. The van der Waals surface area contributed by atoms with Crippen LogP contribution < -0.4 is 5.32 Å². The van der Waals surface area contributed by atoms with Gasteiger partial charge < -0.3 is 10.2 Å². The van der Waals surface area contributed by atoms with Crippen molar-refractivity contribution in [3.63, 3.8) is 0 Å². The number of hydrogen-bond donors (Lipinski definition) is 1. The number of carbonyl (C=O) groups is 2. The number of hydrogen-bond acceptors (Lipinski definition) is 2. The van der Waals surface area contributed by atoms with Crippen molar-refractivity contribution < 1.29 is 9.59 Å². The average molecular weight is 355 g/mol. The molecule has 5 heteroatoms. The van der Waals surface area contributed by atoms with Crippen LogP contribution in [0.3, 0.4) is 0 Å². The molecule has 1 spiro atoms. The van der Waals surface area contributed by atoms with Crippen LogP contribution in [0.15, 0.2) is 48.5 Å². The smallest absolute Gasteiger partial charge is 0.254 e. The largest absolute Gasteiger partial charge is 0.347 e. The Bertz CT molecular complexity index is 809. The second-order valence-corrected chi connectivity index (χ2v) is 7.36. The normalized spacial score (nSPS) is 18.6. The molecule has 0 saturated carbocycles. The highest BCUT2D eigenvalue weighted by molar-refractivity contribution is 6.30. The van der Waals surface area contributed by atoms with Crippen LogP contribution in [-0.2, 0) is 4.79 Å². The molecule has 4 rings (SSSR count). The fourth-order valence-corrected chi connectivity index (χ4v) is 3.83. The van der Waals surface area contributed by atoms with Gasteiger partial charge in [0, 0.05) is 30.1 Å². The zero-order valence-electron chi connectivity index (χ0n) is 13.8. The molecule has 2 aliphatic heterocycles. The zero-order valence-corrected chi connectivity index (χ0v) is 14.6. The number of nitrogens with zero attached hydrogens (tertiary/aromatic N) is 1. The molecule has 128 valence electrons. The summed E-state index contributed by atoms with van der Waals surface area (Å²) in [7, 11) is 0. The van der Waals surface area contributed by atoms with Gasteiger partial charge in [0.2, 0.25) is 5.91 Å². The van der Waals surface area contributed by atoms with Gasteiger partial charge in [-0.1, -0.05) is 35.9 Å². The van der Waals surface area contributed by atoms with Crippen LogP contribution in [-0.4, -0.2) is 35.3 Å². The number of rotatable bonds is 2. The van der Waals surface area contributed by atoms with Crippen LogP contribution in [0.5, 0.6) is 0 Å². The van der Waals surface area contributed by atoms with E-state index in [-0.39, 0.29) is 17.4 Å². The molecule has 2 saturated heterocycles.